The number of nitrogens with zero attached hydrogens (tertiary/aromatic N) is 2. The number of fused-ring (bicyclic) bond motifs is 1. The number of aromatic amines is 1. The maximum absolute atomic E-state index is 12.5. The van der Waals surface area contributed by atoms with Crippen LogP contribution in [0.25, 0.3) is 10.9 Å². The molecule has 0 bridgehead atoms. The first-order chi connectivity index (χ1) is 11.9. The van der Waals surface area contributed by atoms with Crippen LogP contribution in [-0.2, 0) is 6.54 Å². The molecule has 136 valence electrons. The van der Waals surface area contributed by atoms with E-state index in [-0.39, 0.29) is 5.56 Å². The highest BCUT2D eigenvalue weighted by atomic mass is 32.1. The van der Waals surface area contributed by atoms with Gasteiger partial charge in [0.05, 0.1) is 19.2 Å². The van der Waals surface area contributed by atoms with Crippen LogP contribution in [0.1, 0.15) is 12.0 Å². The van der Waals surface area contributed by atoms with Gasteiger partial charge in [-0.1, -0.05) is 0 Å². The normalized spacial score (nSPS) is 10.9. The van der Waals surface area contributed by atoms with Crippen LogP contribution in [0, 0.1) is 0 Å². The third-order valence-corrected chi connectivity index (χ3v) is 4.49. The Labute approximate surface area is 153 Å². The van der Waals surface area contributed by atoms with Gasteiger partial charge >= 0.3 is 0 Å². The van der Waals surface area contributed by atoms with E-state index >= 15 is 0 Å². The fourth-order valence-corrected chi connectivity index (χ4v) is 2.82. The summed E-state index contributed by atoms with van der Waals surface area (Å²) in [5.41, 5.74) is 1.36. The minimum Gasteiger partial charge on any atom is -0.497 e. The van der Waals surface area contributed by atoms with Gasteiger partial charge in [-0.3, -0.25) is 4.79 Å². The van der Waals surface area contributed by atoms with Crippen molar-refractivity contribution in [2.24, 2.45) is 0 Å². The lowest BCUT2D eigenvalue weighted by molar-refractivity contribution is 0.342. The largest absolute Gasteiger partial charge is 0.497 e. The van der Waals surface area contributed by atoms with Gasteiger partial charge in [-0.15, -0.1) is 0 Å². The van der Waals surface area contributed by atoms with Crippen LogP contribution in [0.4, 0.5) is 0 Å². The highest BCUT2D eigenvalue weighted by molar-refractivity contribution is 7.80. The molecule has 2 N–H and O–H groups in total. The molecule has 0 radical (unpaired) electrons. The van der Waals surface area contributed by atoms with Crippen molar-refractivity contribution in [2.45, 2.75) is 13.0 Å². The average molecular weight is 362 g/mol. The molecule has 0 amide bonds. The van der Waals surface area contributed by atoms with Crippen molar-refractivity contribution in [3.05, 3.63) is 40.2 Å². The summed E-state index contributed by atoms with van der Waals surface area (Å²) in [4.78, 5) is 19.6. The molecule has 0 atom stereocenters. The molecule has 6 nitrogen and oxygen atoms in total. The Morgan fingerprint density at radius 3 is 2.68 bits per heavy atom. The summed E-state index contributed by atoms with van der Waals surface area (Å²) in [5, 5.41) is 4.63. The average Bonchev–Trinajstić information content (AvgIpc) is 2.59. The number of ether oxygens (including phenoxy) is 1. The predicted molar refractivity (Wildman–Crippen MR) is 106 cm³/mol. The number of methoxy groups -OCH3 is 1. The summed E-state index contributed by atoms with van der Waals surface area (Å²) in [7, 11) is 7.50. The second-order valence-electron chi connectivity index (χ2n) is 6.21. The zero-order valence-corrected chi connectivity index (χ0v) is 16.1. The second-order valence-corrected chi connectivity index (χ2v) is 6.60. The molecule has 0 aliphatic carbocycles. The molecule has 0 saturated carbocycles. The summed E-state index contributed by atoms with van der Waals surface area (Å²) >= 11 is 5.40. The molecule has 0 fully saturated rings. The number of aromatic nitrogens is 1. The Morgan fingerprint density at radius 2 is 2.04 bits per heavy atom. The number of H-pyrrole nitrogens is 1. The summed E-state index contributed by atoms with van der Waals surface area (Å²) in [5.74, 6) is 0.720. The molecule has 0 aliphatic rings. The topological polar surface area (TPSA) is 60.6 Å². The van der Waals surface area contributed by atoms with Crippen LogP contribution in [0.15, 0.2) is 29.1 Å². The van der Waals surface area contributed by atoms with Gasteiger partial charge in [0, 0.05) is 25.2 Å². The van der Waals surface area contributed by atoms with Crippen molar-refractivity contribution in [3.63, 3.8) is 0 Å². The Bertz CT molecular complexity index is 788. The van der Waals surface area contributed by atoms with Gasteiger partial charge in [0.1, 0.15) is 5.75 Å². The number of rotatable bonds is 7. The summed E-state index contributed by atoms with van der Waals surface area (Å²) in [6, 6.07) is 7.58. The predicted octanol–water partition coefficient (Wildman–Crippen LogP) is 1.79. The van der Waals surface area contributed by atoms with E-state index in [1.54, 1.807) is 14.2 Å². The minimum atomic E-state index is -0.0998. The van der Waals surface area contributed by atoms with E-state index in [4.69, 9.17) is 17.0 Å². The smallest absolute Gasteiger partial charge is 0.253 e. The van der Waals surface area contributed by atoms with Crippen LogP contribution in [-0.4, -0.2) is 61.2 Å². The van der Waals surface area contributed by atoms with Gasteiger partial charge in [0.25, 0.3) is 5.56 Å². The first-order valence-electron chi connectivity index (χ1n) is 8.26. The van der Waals surface area contributed by atoms with Crippen LogP contribution in [0.2, 0.25) is 0 Å². The van der Waals surface area contributed by atoms with Crippen LogP contribution >= 0.6 is 12.2 Å². The Hall–Kier alpha value is -2.12. The van der Waals surface area contributed by atoms with E-state index in [1.165, 1.54) is 0 Å². The molecule has 25 heavy (non-hydrogen) atoms. The fourth-order valence-electron chi connectivity index (χ4n) is 2.66. The lowest BCUT2D eigenvalue weighted by Gasteiger charge is -2.25. The van der Waals surface area contributed by atoms with E-state index in [0.29, 0.717) is 17.2 Å². The SMILES string of the molecule is CNC(=S)N(CCCN(C)C)Cc1cc2ccc(OC)cc2[nH]c1=O. The second kappa shape index (κ2) is 8.82. The summed E-state index contributed by atoms with van der Waals surface area (Å²) < 4.78 is 5.21. The first-order valence-corrected chi connectivity index (χ1v) is 8.66. The molecular weight excluding hydrogens is 336 g/mol. The fraction of sp³-hybridized carbons (Fsp3) is 0.444. The van der Waals surface area contributed by atoms with E-state index < -0.39 is 0 Å². The molecule has 0 saturated heterocycles. The molecule has 0 aliphatic heterocycles. The highest BCUT2D eigenvalue weighted by Crippen LogP contribution is 2.19. The van der Waals surface area contributed by atoms with Gasteiger partial charge < -0.3 is 24.8 Å². The molecular formula is C18H26N4O2S. The van der Waals surface area contributed by atoms with Crippen molar-refractivity contribution in [2.75, 3.05) is 41.3 Å². The molecule has 2 rings (SSSR count). The van der Waals surface area contributed by atoms with Gasteiger partial charge in [-0.25, -0.2) is 0 Å². The van der Waals surface area contributed by atoms with Gasteiger partial charge in [0.2, 0.25) is 0 Å². The number of hydrogen-bond acceptors (Lipinski definition) is 4. The number of nitrogens with one attached hydrogen (secondary N) is 2. The van der Waals surface area contributed by atoms with Crippen LogP contribution < -0.4 is 15.6 Å². The number of hydrogen-bond donors (Lipinski definition) is 2. The van der Waals surface area contributed by atoms with Crippen molar-refractivity contribution in [1.82, 2.24) is 20.1 Å². The summed E-state index contributed by atoms with van der Waals surface area (Å²) in [6.45, 7) is 2.24. The monoisotopic (exact) mass is 362 g/mol. The van der Waals surface area contributed by atoms with E-state index in [9.17, 15) is 4.79 Å². The standard InChI is InChI=1S/C18H26N4O2S/c1-19-18(25)22(9-5-8-21(2)3)12-14-10-13-6-7-15(24-4)11-16(13)20-17(14)23/h6-7,10-11H,5,8-9,12H2,1-4H3,(H,19,25)(H,20,23). The van der Waals surface area contributed by atoms with E-state index in [1.807, 2.05) is 43.3 Å². The quantitative estimate of drug-likeness (QED) is 0.733. The first kappa shape index (κ1) is 19.2. The third kappa shape index (κ3) is 5.17. The highest BCUT2D eigenvalue weighted by Gasteiger charge is 2.12. The van der Waals surface area contributed by atoms with Crippen molar-refractivity contribution < 1.29 is 4.74 Å². The van der Waals surface area contributed by atoms with Crippen molar-refractivity contribution in [3.8, 4) is 5.75 Å². The van der Waals surface area contributed by atoms with E-state index in [2.05, 4.69) is 15.2 Å². The number of thiocarbonyl (C=S) groups is 1. The molecule has 1 aromatic heterocycles. The molecule has 0 unspecified atom stereocenters. The Kier molecular flexibility index (Phi) is 6.78. The zero-order chi connectivity index (χ0) is 18.4. The lowest BCUT2D eigenvalue weighted by Crippen LogP contribution is -2.40. The molecule has 7 heteroatoms. The zero-order valence-electron chi connectivity index (χ0n) is 15.3. The van der Waals surface area contributed by atoms with Gasteiger partial charge in [-0.05, 0) is 62.9 Å². The van der Waals surface area contributed by atoms with Gasteiger partial charge in [0.15, 0.2) is 5.11 Å². The van der Waals surface area contributed by atoms with Crippen molar-refractivity contribution in [1.29, 1.82) is 0 Å². The van der Waals surface area contributed by atoms with Crippen molar-refractivity contribution >= 4 is 28.2 Å². The Morgan fingerprint density at radius 1 is 1.28 bits per heavy atom. The van der Waals surface area contributed by atoms with Crippen LogP contribution in [0.5, 0.6) is 5.75 Å². The maximum Gasteiger partial charge on any atom is 0.253 e. The van der Waals surface area contributed by atoms with Crippen LogP contribution in [0.3, 0.4) is 0 Å². The minimum absolute atomic E-state index is 0.0998. The lowest BCUT2D eigenvalue weighted by atomic mass is 10.1. The Balaban J connectivity index is 2.23. The molecule has 0 spiro atoms. The third-order valence-electron chi connectivity index (χ3n) is 4.03. The molecule has 1 aromatic carbocycles. The maximum atomic E-state index is 12.5. The molecule has 1 heterocycles. The van der Waals surface area contributed by atoms with E-state index in [0.717, 1.165) is 36.2 Å². The van der Waals surface area contributed by atoms with Gasteiger partial charge in [-0.2, -0.15) is 0 Å². The number of benzene rings is 1. The number of pyridine rings is 1. The summed E-state index contributed by atoms with van der Waals surface area (Å²) in [6.07, 6.45) is 0.970. The molecule has 2 aromatic rings.